The molecule has 0 aliphatic carbocycles. The minimum Gasteiger partial charge on any atom is -0.399 e. The quantitative estimate of drug-likeness (QED) is 0.251. The second-order valence-corrected chi connectivity index (χ2v) is 5.52. The van der Waals surface area contributed by atoms with Gasteiger partial charge < -0.3 is 5.73 Å². The number of aryl methyl sites for hydroxylation is 1. The summed E-state index contributed by atoms with van der Waals surface area (Å²) >= 11 is 1.50. The van der Waals surface area contributed by atoms with E-state index in [1.807, 2.05) is 39.0 Å². The predicted molar refractivity (Wildman–Crippen MR) is 72.4 cm³/mol. The van der Waals surface area contributed by atoms with Crippen molar-refractivity contribution in [3.63, 3.8) is 0 Å². The number of anilines is 1. The van der Waals surface area contributed by atoms with Crippen molar-refractivity contribution in [2.24, 2.45) is 11.8 Å². The zero-order chi connectivity index (χ0) is 13.0. The predicted octanol–water partition coefficient (Wildman–Crippen LogP) is 1.68. The Bertz CT molecular complexity index is 407. The second kappa shape index (κ2) is 5.93. The fourth-order valence-electron chi connectivity index (χ4n) is 1.44. The minimum absolute atomic E-state index is 0.153. The molecule has 5 N–H and O–H groups in total. The van der Waals surface area contributed by atoms with E-state index < -0.39 is 0 Å². The van der Waals surface area contributed by atoms with E-state index in [0.29, 0.717) is 0 Å². The summed E-state index contributed by atoms with van der Waals surface area (Å²) in [4.78, 5) is 12.7. The van der Waals surface area contributed by atoms with Crippen LogP contribution in [0.25, 0.3) is 0 Å². The lowest BCUT2D eigenvalue weighted by Gasteiger charge is -2.18. The van der Waals surface area contributed by atoms with Crippen LogP contribution in [-0.2, 0) is 4.79 Å². The highest BCUT2D eigenvalue weighted by molar-refractivity contribution is 8.00. The number of nitrogen functional groups attached to an aromatic ring is 1. The largest absolute Gasteiger partial charge is 0.399 e. The Hall–Kier alpha value is -1.20. The third kappa shape index (κ3) is 3.64. The fraction of sp³-hybridized carbons (Fsp3) is 0.417. The van der Waals surface area contributed by atoms with Crippen molar-refractivity contribution in [1.82, 2.24) is 5.43 Å². The summed E-state index contributed by atoms with van der Waals surface area (Å²) in [7, 11) is 0. The topological polar surface area (TPSA) is 81.1 Å². The standard InChI is InChI=1S/C12H19N3OS/c1-7(2)11(12(16)15-14)17-9-4-5-10(13)8(3)6-9/h4-7,11H,13-14H2,1-3H3,(H,15,16). The molecule has 0 aliphatic heterocycles. The van der Waals surface area contributed by atoms with Crippen molar-refractivity contribution in [3.05, 3.63) is 23.8 Å². The maximum absolute atomic E-state index is 11.6. The Morgan fingerprint density at radius 3 is 2.53 bits per heavy atom. The first-order valence-corrected chi connectivity index (χ1v) is 6.37. The smallest absolute Gasteiger partial charge is 0.247 e. The Balaban J connectivity index is 2.86. The van der Waals surface area contributed by atoms with E-state index in [2.05, 4.69) is 5.43 Å². The van der Waals surface area contributed by atoms with Crippen LogP contribution < -0.4 is 17.0 Å². The van der Waals surface area contributed by atoms with Gasteiger partial charge in [-0.2, -0.15) is 0 Å². The molecule has 1 amide bonds. The number of carbonyl (C=O) groups excluding carboxylic acids is 1. The molecule has 1 aromatic carbocycles. The van der Waals surface area contributed by atoms with Gasteiger partial charge in [0.15, 0.2) is 0 Å². The lowest BCUT2D eigenvalue weighted by atomic mass is 10.1. The molecule has 1 rings (SSSR count). The van der Waals surface area contributed by atoms with Crippen LogP contribution in [-0.4, -0.2) is 11.2 Å². The van der Waals surface area contributed by atoms with Gasteiger partial charge in [0.1, 0.15) is 0 Å². The van der Waals surface area contributed by atoms with E-state index in [9.17, 15) is 4.79 Å². The van der Waals surface area contributed by atoms with E-state index in [-0.39, 0.29) is 17.1 Å². The lowest BCUT2D eigenvalue weighted by molar-refractivity contribution is -0.121. The highest BCUT2D eigenvalue weighted by atomic mass is 32.2. The van der Waals surface area contributed by atoms with Crippen molar-refractivity contribution in [2.45, 2.75) is 30.9 Å². The SMILES string of the molecule is Cc1cc(SC(C(=O)NN)C(C)C)ccc1N. The summed E-state index contributed by atoms with van der Waals surface area (Å²) in [5.41, 5.74) is 9.75. The van der Waals surface area contributed by atoms with E-state index in [0.717, 1.165) is 16.1 Å². The highest BCUT2D eigenvalue weighted by Crippen LogP contribution is 2.30. The molecular weight excluding hydrogens is 234 g/mol. The lowest BCUT2D eigenvalue weighted by Crippen LogP contribution is -2.39. The van der Waals surface area contributed by atoms with Crippen LogP contribution in [0.5, 0.6) is 0 Å². The van der Waals surface area contributed by atoms with Crippen LogP contribution >= 0.6 is 11.8 Å². The van der Waals surface area contributed by atoms with Crippen molar-refractivity contribution in [3.8, 4) is 0 Å². The number of rotatable bonds is 4. The molecule has 0 radical (unpaired) electrons. The summed E-state index contributed by atoms with van der Waals surface area (Å²) in [6.07, 6.45) is 0. The van der Waals surface area contributed by atoms with E-state index >= 15 is 0 Å². The number of benzene rings is 1. The number of nitrogens with two attached hydrogens (primary N) is 2. The average Bonchev–Trinajstić information content (AvgIpc) is 2.29. The van der Waals surface area contributed by atoms with Gasteiger partial charge in [-0.25, -0.2) is 5.84 Å². The van der Waals surface area contributed by atoms with Crippen LogP contribution in [0, 0.1) is 12.8 Å². The molecular formula is C12H19N3OS. The van der Waals surface area contributed by atoms with E-state index in [1.54, 1.807) is 0 Å². The van der Waals surface area contributed by atoms with Gasteiger partial charge in [0.2, 0.25) is 5.91 Å². The van der Waals surface area contributed by atoms with Crippen molar-refractivity contribution in [1.29, 1.82) is 0 Å². The van der Waals surface area contributed by atoms with Gasteiger partial charge in [0.05, 0.1) is 5.25 Å². The number of nitrogens with one attached hydrogen (secondary N) is 1. The number of thioether (sulfide) groups is 1. The van der Waals surface area contributed by atoms with Gasteiger partial charge in [-0.05, 0) is 36.6 Å². The second-order valence-electron chi connectivity index (χ2n) is 4.31. The molecule has 1 unspecified atom stereocenters. The van der Waals surface area contributed by atoms with Crippen LogP contribution in [0.1, 0.15) is 19.4 Å². The summed E-state index contributed by atoms with van der Waals surface area (Å²) in [5.74, 6) is 5.24. The van der Waals surface area contributed by atoms with Gasteiger partial charge in [-0.3, -0.25) is 10.2 Å². The monoisotopic (exact) mass is 253 g/mol. The molecule has 5 heteroatoms. The van der Waals surface area contributed by atoms with Gasteiger partial charge in [-0.15, -0.1) is 11.8 Å². The summed E-state index contributed by atoms with van der Waals surface area (Å²) < 4.78 is 0. The minimum atomic E-state index is -0.192. The normalized spacial score (nSPS) is 12.5. The number of hydrogen-bond donors (Lipinski definition) is 3. The summed E-state index contributed by atoms with van der Waals surface area (Å²) in [6, 6.07) is 5.76. The molecule has 0 aliphatic rings. The third-order valence-corrected chi connectivity index (χ3v) is 4.05. The molecule has 0 saturated heterocycles. The maximum Gasteiger partial charge on any atom is 0.247 e. The molecule has 0 bridgehead atoms. The van der Waals surface area contributed by atoms with Gasteiger partial charge in [0.25, 0.3) is 0 Å². The number of hydrazine groups is 1. The molecule has 4 nitrogen and oxygen atoms in total. The van der Waals surface area contributed by atoms with Gasteiger partial charge >= 0.3 is 0 Å². The highest BCUT2D eigenvalue weighted by Gasteiger charge is 2.22. The Morgan fingerprint density at radius 1 is 1.41 bits per heavy atom. The number of carbonyl (C=O) groups is 1. The van der Waals surface area contributed by atoms with Crippen molar-refractivity contribution < 1.29 is 4.79 Å². The Labute approximate surface area is 106 Å². The van der Waals surface area contributed by atoms with E-state index in [4.69, 9.17) is 11.6 Å². The third-order valence-electron chi connectivity index (χ3n) is 2.51. The first-order valence-electron chi connectivity index (χ1n) is 5.49. The molecule has 0 saturated carbocycles. The molecule has 1 aromatic rings. The average molecular weight is 253 g/mol. The number of amides is 1. The molecule has 94 valence electrons. The zero-order valence-corrected chi connectivity index (χ0v) is 11.2. The first kappa shape index (κ1) is 13.9. The number of hydrogen-bond acceptors (Lipinski definition) is 4. The fourth-order valence-corrected chi connectivity index (χ4v) is 2.57. The molecule has 1 atom stereocenters. The Kier molecular flexibility index (Phi) is 4.84. The van der Waals surface area contributed by atoms with E-state index in [1.165, 1.54) is 11.8 Å². The maximum atomic E-state index is 11.6. The first-order chi connectivity index (χ1) is 7.95. The summed E-state index contributed by atoms with van der Waals surface area (Å²) in [5, 5.41) is -0.192. The van der Waals surface area contributed by atoms with Crippen molar-refractivity contribution in [2.75, 3.05) is 5.73 Å². The van der Waals surface area contributed by atoms with Crippen LogP contribution in [0.3, 0.4) is 0 Å². The van der Waals surface area contributed by atoms with Gasteiger partial charge in [0, 0.05) is 10.6 Å². The molecule has 0 fully saturated rings. The van der Waals surface area contributed by atoms with Crippen LogP contribution in [0.4, 0.5) is 5.69 Å². The molecule has 0 heterocycles. The zero-order valence-electron chi connectivity index (χ0n) is 10.4. The molecule has 17 heavy (non-hydrogen) atoms. The Morgan fingerprint density at radius 2 is 2.06 bits per heavy atom. The summed E-state index contributed by atoms with van der Waals surface area (Å²) in [6.45, 7) is 5.95. The van der Waals surface area contributed by atoms with Crippen LogP contribution in [0.2, 0.25) is 0 Å². The molecule has 0 aromatic heterocycles. The molecule has 0 spiro atoms. The van der Waals surface area contributed by atoms with Crippen molar-refractivity contribution >= 4 is 23.4 Å². The van der Waals surface area contributed by atoms with Gasteiger partial charge in [-0.1, -0.05) is 13.8 Å². The van der Waals surface area contributed by atoms with Crippen LogP contribution in [0.15, 0.2) is 23.1 Å².